The van der Waals surface area contributed by atoms with Crippen molar-refractivity contribution in [2.45, 2.75) is 20.8 Å². The lowest BCUT2D eigenvalue weighted by atomic mass is 10.0. The zero-order chi connectivity index (χ0) is 20.6. The van der Waals surface area contributed by atoms with Gasteiger partial charge in [-0.1, -0.05) is 18.2 Å². The Bertz CT molecular complexity index is 971. The molecule has 29 heavy (non-hydrogen) atoms. The standard InChI is InChI=1S/C22H24N2O4S/c1-4-26-19-12-11-15(13-20(19)27-5-2)22-23-18(14-29-22)16-9-7-8-10-17(16)21(25)24-28-6-3/h7-14H,4-6H2,1-3H3,(H,24,25). The van der Waals surface area contributed by atoms with Crippen LogP contribution in [0.5, 0.6) is 11.5 Å². The summed E-state index contributed by atoms with van der Waals surface area (Å²) in [7, 11) is 0. The first-order valence-electron chi connectivity index (χ1n) is 9.54. The fourth-order valence-electron chi connectivity index (χ4n) is 2.81. The Balaban J connectivity index is 1.92. The van der Waals surface area contributed by atoms with Gasteiger partial charge >= 0.3 is 0 Å². The smallest absolute Gasteiger partial charge is 0.275 e. The van der Waals surface area contributed by atoms with Crippen molar-refractivity contribution in [3.63, 3.8) is 0 Å². The number of ether oxygens (including phenoxy) is 2. The summed E-state index contributed by atoms with van der Waals surface area (Å²) in [5.74, 6) is 1.12. The van der Waals surface area contributed by atoms with Crippen LogP contribution in [0, 0.1) is 0 Å². The first-order chi connectivity index (χ1) is 14.2. The maximum absolute atomic E-state index is 12.4. The molecular formula is C22H24N2O4S. The van der Waals surface area contributed by atoms with Crippen LogP contribution in [-0.2, 0) is 4.84 Å². The molecule has 1 amide bonds. The number of aromatic nitrogens is 1. The van der Waals surface area contributed by atoms with Crippen molar-refractivity contribution in [2.75, 3.05) is 19.8 Å². The Kier molecular flexibility index (Phi) is 7.21. The van der Waals surface area contributed by atoms with Crippen LogP contribution in [0.1, 0.15) is 31.1 Å². The van der Waals surface area contributed by atoms with Crippen molar-refractivity contribution in [1.82, 2.24) is 10.5 Å². The third-order valence-corrected chi connectivity index (χ3v) is 4.94. The molecule has 0 spiro atoms. The molecule has 1 N–H and O–H groups in total. The predicted octanol–water partition coefficient (Wildman–Crippen LogP) is 4.96. The highest BCUT2D eigenvalue weighted by atomic mass is 32.1. The van der Waals surface area contributed by atoms with Crippen molar-refractivity contribution in [1.29, 1.82) is 0 Å². The molecule has 7 heteroatoms. The van der Waals surface area contributed by atoms with Crippen LogP contribution in [0.15, 0.2) is 47.8 Å². The number of carbonyl (C=O) groups is 1. The van der Waals surface area contributed by atoms with Gasteiger partial charge in [0, 0.05) is 16.5 Å². The minimum atomic E-state index is -0.295. The van der Waals surface area contributed by atoms with E-state index in [1.807, 2.05) is 62.5 Å². The van der Waals surface area contributed by atoms with Crippen LogP contribution < -0.4 is 15.0 Å². The number of thiazole rings is 1. The Labute approximate surface area is 174 Å². The third-order valence-electron chi connectivity index (χ3n) is 4.05. The molecule has 2 aromatic carbocycles. The number of rotatable bonds is 9. The van der Waals surface area contributed by atoms with Gasteiger partial charge in [-0.3, -0.25) is 9.63 Å². The van der Waals surface area contributed by atoms with Crippen molar-refractivity contribution >= 4 is 17.2 Å². The summed E-state index contributed by atoms with van der Waals surface area (Å²) < 4.78 is 11.3. The third kappa shape index (κ3) is 4.93. The predicted molar refractivity (Wildman–Crippen MR) is 114 cm³/mol. The second-order valence-corrected chi connectivity index (χ2v) is 6.83. The molecule has 0 bridgehead atoms. The highest BCUT2D eigenvalue weighted by Crippen LogP contribution is 2.36. The first-order valence-corrected chi connectivity index (χ1v) is 10.4. The molecule has 3 aromatic rings. The number of hydrogen-bond acceptors (Lipinski definition) is 6. The molecule has 0 aliphatic carbocycles. The lowest BCUT2D eigenvalue weighted by Crippen LogP contribution is -2.24. The Hall–Kier alpha value is -2.90. The van der Waals surface area contributed by atoms with Crippen LogP contribution in [0.2, 0.25) is 0 Å². The van der Waals surface area contributed by atoms with Crippen LogP contribution in [0.4, 0.5) is 0 Å². The fourth-order valence-corrected chi connectivity index (χ4v) is 3.63. The van der Waals surface area contributed by atoms with Gasteiger partial charge in [0.15, 0.2) is 11.5 Å². The van der Waals surface area contributed by atoms with E-state index in [1.165, 1.54) is 11.3 Å². The van der Waals surface area contributed by atoms with Crippen LogP contribution in [0.25, 0.3) is 21.8 Å². The van der Waals surface area contributed by atoms with Gasteiger partial charge in [0.05, 0.1) is 31.1 Å². The van der Waals surface area contributed by atoms with E-state index < -0.39 is 0 Å². The molecule has 152 valence electrons. The summed E-state index contributed by atoms with van der Waals surface area (Å²) in [5.41, 5.74) is 5.38. The Morgan fingerprint density at radius 3 is 2.52 bits per heavy atom. The minimum absolute atomic E-state index is 0.295. The molecule has 0 aliphatic rings. The normalized spacial score (nSPS) is 10.6. The van der Waals surface area contributed by atoms with Crippen LogP contribution >= 0.6 is 11.3 Å². The number of nitrogens with zero attached hydrogens (tertiary/aromatic N) is 1. The van der Waals surface area contributed by atoms with Gasteiger partial charge in [-0.25, -0.2) is 10.5 Å². The number of hydroxylamine groups is 1. The van der Waals surface area contributed by atoms with E-state index in [0.29, 0.717) is 36.9 Å². The summed E-state index contributed by atoms with van der Waals surface area (Å²) in [6.07, 6.45) is 0. The summed E-state index contributed by atoms with van der Waals surface area (Å²) in [4.78, 5) is 22.2. The second-order valence-electron chi connectivity index (χ2n) is 5.98. The lowest BCUT2D eigenvalue weighted by Gasteiger charge is -2.11. The van der Waals surface area contributed by atoms with Gasteiger partial charge in [0.2, 0.25) is 0 Å². The van der Waals surface area contributed by atoms with E-state index in [1.54, 1.807) is 6.07 Å². The molecule has 0 atom stereocenters. The van der Waals surface area contributed by atoms with E-state index in [0.717, 1.165) is 21.8 Å². The van der Waals surface area contributed by atoms with E-state index in [-0.39, 0.29) is 5.91 Å². The highest BCUT2D eigenvalue weighted by Gasteiger charge is 2.16. The molecule has 0 radical (unpaired) electrons. The molecule has 0 aliphatic heterocycles. The van der Waals surface area contributed by atoms with Gasteiger partial charge < -0.3 is 9.47 Å². The number of amides is 1. The molecule has 1 heterocycles. The maximum atomic E-state index is 12.4. The van der Waals surface area contributed by atoms with Gasteiger partial charge in [-0.15, -0.1) is 11.3 Å². The topological polar surface area (TPSA) is 69.7 Å². The van der Waals surface area contributed by atoms with E-state index in [2.05, 4.69) is 5.48 Å². The number of hydrogen-bond donors (Lipinski definition) is 1. The fraction of sp³-hybridized carbons (Fsp3) is 0.273. The molecule has 0 saturated carbocycles. The van der Waals surface area contributed by atoms with E-state index in [4.69, 9.17) is 19.3 Å². The molecule has 0 saturated heterocycles. The van der Waals surface area contributed by atoms with Gasteiger partial charge in [-0.2, -0.15) is 0 Å². The van der Waals surface area contributed by atoms with Crippen LogP contribution in [0.3, 0.4) is 0 Å². The van der Waals surface area contributed by atoms with E-state index in [9.17, 15) is 4.79 Å². The summed E-state index contributed by atoms with van der Waals surface area (Å²) >= 11 is 1.51. The Morgan fingerprint density at radius 2 is 1.76 bits per heavy atom. The van der Waals surface area contributed by atoms with E-state index >= 15 is 0 Å². The quantitative estimate of drug-likeness (QED) is 0.503. The first kappa shape index (κ1) is 20.8. The Morgan fingerprint density at radius 1 is 1.00 bits per heavy atom. The van der Waals surface area contributed by atoms with Gasteiger partial charge in [-0.05, 0) is 45.0 Å². The number of nitrogens with one attached hydrogen (secondary N) is 1. The average Bonchev–Trinajstić information content (AvgIpc) is 3.24. The average molecular weight is 413 g/mol. The molecule has 0 unspecified atom stereocenters. The largest absolute Gasteiger partial charge is 0.490 e. The van der Waals surface area contributed by atoms with Gasteiger partial charge in [0.25, 0.3) is 5.91 Å². The van der Waals surface area contributed by atoms with Gasteiger partial charge in [0.1, 0.15) is 5.01 Å². The van der Waals surface area contributed by atoms with Crippen molar-refractivity contribution in [2.24, 2.45) is 0 Å². The highest BCUT2D eigenvalue weighted by molar-refractivity contribution is 7.13. The SMILES string of the molecule is CCONC(=O)c1ccccc1-c1csc(-c2ccc(OCC)c(OCC)c2)n1. The molecule has 6 nitrogen and oxygen atoms in total. The summed E-state index contributed by atoms with van der Waals surface area (Å²) in [6.45, 7) is 7.21. The molecular weight excluding hydrogens is 388 g/mol. The molecule has 1 aromatic heterocycles. The zero-order valence-electron chi connectivity index (χ0n) is 16.7. The van der Waals surface area contributed by atoms with Crippen molar-refractivity contribution in [3.05, 3.63) is 53.4 Å². The number of carbonyl (C=O) groups excluding carboxylic acids is 1. The van der Waals surface area contributed by atoms with Crippen molar-refractivity contribution in [3.8, 4) is 33.3 Å². The molecule has 3 rings (SSSR count). The minimum Gasteiger partial charge on any atom is -0.490 e. The van der Waals surface area contributed by atoms with Crippen LogP contribution in [-0.4, -0.2) is 30.7 Å². The second kappa shape index (κ2) is 10.0. The maximum Gasteiger partial charge on any atom is 0.275 e. The summed E-state index contributed by atoms with van der Waals surface area (Å²) in [6, 6.07) is 13.1. The zero-order valence-corrected chi connectivity index (χ0v) is 17.5. The molecule has 0 fully saturated rings. The monoisotopic (exact) mass is 412 g/mol. The van der Waals surface area contributed by atoms with Crippen molar-refractivity contribution < 1.29 is 19.1 Å². The lowest BCUT2D eigenvalue weighted by molar-refractivity contribution is 0.0365. The summed E-state index contributed by atoms with van der Waals surface area (Å²) in [5, 5.41) is 2.78. The number of benzene rings is 2.